The molecule has 0 saturated carbocycles. The van der Waals surface area contributed by atoms with Crippen LogP contribution < -0.4 is 5.32 Å². The molecule has 2 heteroatoms. The van der Waals surface area contributed by atoms with Crippen LogP contribution in [0.3, 0.4) is 0 Å². The zero-order chi connectivity index (χ0) is 10.9. The Hall–Kier alpha value is 0.310. The minimum Gasteiger partial charge on any atom is -0.304 e. The average molecular weight is 229 g/mol. The Morgan fingerprint density at radius 3 is 2.33 bits per heavy atom. The van der Waals surface area contributed by atoms with Gasteiger partial charge in [-0.15, -0.1) is 11.8 Å². The van der Waals surface area contributed by atoms with Crippen molar-refractivity contribution in [1.29, 1.82) is 0 Å². The van der Waals surface area contributed by atoms with Crippen molar-refractivity contribution in [3.63, 3.8) is 0 Å². The summed E-state index contributed by atoms with van der Waals surface area (Å²) in [5.74, 6) is 0. The van der Waals surface area contributed by atoms with Crippen molar-refractivity contribution in [2.45, 2.75) is 75.8 Å². The van der Waals surface area contributed by atoms with Crippen molar-refractivity contribution >= 4 is 11.8 Å². The molecule has 0 aromatic rings. The molecule has 0 amide bonds. The van der Waals surface area contributed by atoms with E-state index in [0.717, 1.165) is 10.6 Å². The molecule has 0 radical (unpaired) electrons. The fourth-order valence-electron chi connectivity index (χ4n) is 2.13. The van der Waals surface area contributed by atoms with Gasteiger partial charge in [0.15, 0.2) is 0 Å². The minimum absolute atomic E-state index is 0.760. The van der Waals surface area contributed by atoms with Crippen LogP contribution in [0.1, 0.15) is 65.2 Å². The second kappa shape index (κ2) is 8.46. The largest absolute Gasteiger partial charge is 0.304 e. The van der Waals surface area contributed by atoms with Gasteiger partial charge in [0.05, 0.1) is 5.37 Å². The van der Waals surface area contributed by atoms with Gasteiger partial charge in [0.25, 0.3) is 0 Å². The lowest BCUT2D eigenvalue weighted by Gasteiger charge is -2.08. The van der Waals surface area contributed by atoms with Crippen molar-refractivity contribution in [3.05, 3.63) is 0 Å². The Bertz CT molecular complexity index is 149. The fraction of sp³-hybridized carbons (Fsp3) is 1.00. The molecular weight excluding hydrogens is 202 g/mol. The highest BCUT2D eigenvalue weighted by Crippen LogP contribution is 2.25. The van der Waals surface area contributed by atoms with Gasteiger partial charge >= 0.3 is 0 Å². The third kappa shape index (κ3) is 6.47. The van der Waals surface area contributed by atoms with Crippen molar-refractivity contribution in [1.82, 2.24) is 5.32 Å². The predicted molar refractivity (Wildman–Crippen MR) is 71.5 cm³/mol. The van der Waals surface area contributed by atoms with Crippen LogP contribution in [0.25, 0.3) is 0 Å². The maximum absolute atomic E-state index is 3.58. The van der Waals surface area contributed by atoms with Crippen LogP contribution in [-0.4, -0.2) is 17.2 Å². The first-order valence-electron chi connectivity index (χ1n) is 6.71. The maximum atomic E-state index is 3.58. The topological polar surface area (TPSA) is 12.0 Å². The molecule has 90 valence electrons. The SMILES string of the molecule is CCCCCCCCCC1NCC(C)S1. The molecule has 1 aliphatic heterocycles. The first kappa shape index (κ1) is 13.4. The normalized spacial score (nSPS) is 26.0. The molecule has 1 rings (SSSR count). The van der Waals surface area contributed by atoms with Crippen LogP contribution >= 0.6 is 11.8 Å². The van der Waals surface area contributed by atoms with Crippen LogP contribution in [-0.2, 0) is 0 Å². The second-order valence-corrected chi connectivity index (χ2v) is 6.40. The molecule has 0 aliphatic carbocycles. The van der Waals surface area contributed by atoms with Crippen LogP contribution in [0, 0.1) is 0 Å². The Labute approximate surface area is 99.8 Å². The molecule has 0 bridgehead atoms. The predicted octanol–water partition coefficient (Wildman–Crippen LogP) is 4.18. The summed E-state index contributed by atoms with van der Waals surface area (Å²) in [6.45, 7) is 5.82. The van der Waals surface area contributed by atoms with Crippen molar-refractivity contribution < 1.29 is 0 Å². The Balaban J connectivity index is 1.81. The molecule has 1 heterocycles. The van der Waals surface area contributed by atoms with Gasteiger partial charge in [0.2, 0.25) is 0 Å². The number of hydrogen-bond donors (Lipinski definition) is 1. The van der Waals surface area contributed by atoms with Crippen LogP contribution in [0.5, 0.6) is 0 Å². The van der Waals surface area contributed by atoms with Gasteiger partial charge in [-0.25, -0.2) is 0 Å². The smallest absolute Gasteiger partial charge is 0.0535 e. The molecule has 2 unspecified atom stereocenters. The highest BCUT2D eigenvalue weighted by molar-refractivity contribution is 8.00. The van der Waals surface area contributed by atoms with Gasteiger partial charge in [-0.1, -0.05) is 58.8 Å². The van der Waals surface area contributed by atoms with Crippen LogP contribution in [0.4, 0.5) is 0 Å². The van der Waals surface area contributed by atoms with Crippen LogP contribution in [0.2, 0.25) is 0 Å². The minimum atomic E-state index is 0.760. The fourth-order valence-corrected chi connectivity index (χ4v) is 3.38. The summed E-state index contributed by atoms with van der Waals surface area (Å²) in [5, 5.41) is 5.17. The molecular formula is C13H27NS. The number of hydrogen-bond acceptors (Lipinski definition) is 2. The third-order valence-corrected chi connectivity index (χ3v) is 4.46. The quantitative estimate of drug-likeness (QED) is 0.627. The lowest BCUT2D eigenvalue weighted by molar-refractivity contribution is 0.550. The van der Waals surface area contributed by atoms with E-state index in [-0.39, 0.29) is 0 Å². The average Bonchev–Trinajstić information content (AvgIpc) is 2.63. The van der Waals surface area contributed by atoms with E-state index in [4.69, 9.17) is 0 Å². The summed E-state index contributed by atoms with van der Waals surface area (Å²) in [7, 11) is 0. The van der Waals surface area contributed by atoms with E-state index in [1.54, 1.807) is 0 Å². The lowest BCUT2D eigenvalue weighted by Crippen LogP contribution is -2.19. The Morgan fingerprint density at radius 2 is 1.73 bits per heavy atom. The number of nitrogens with one attached hydrogen (secondary N) is 1. The van der Waals surface area contributed by atoms with E-state index in [2.05, 4.69) is 30.9 Å². The van der Waals surface area contributed by atoms with Gasteiger partial charge in [-0.05, 0) is 6.42 Å². The van der Waals surface area contributed by atoms with Gasteiger partial charge in [-0.2, -0.15) is 0 Å². The molecule has 1 N–H and O–H groups in total. The number of unbranched alkanes of at least 4 members (excludes halogenated alkanes) is 6. The Morgan fingerprint density at radius 1 is 1.07 bits per heavy atom. The zero-order valence-electron chi connectivity index (χ0n) is 10.4. The van der Waals surface area contributed by atoms with Crippen LogP contribution in [0.15, 0.2) is 0 Å². The Kier molecular flexibility index (Phi) is 7.54. The zero-order valence-corrected chi connectivity index (χ0v) is 11.2. The molecule has 0 aromatic heterocycles. The molecule has 1 fully saturated rings. The molecule has 0 aromatic carbocycles. The first-order chi connectivity index (χ1) is 7.33. The molecule has 1 saturated heterocycles. The molecule has 15 heavy (non-hydrogen) atoms. The lowest BCUT2D eigenvalue weighted by atomic mass is 10.1. The van der Waals surface area contributed by atoms with Crippen molar-refractivity contribution in [2.24, 2.45) is 0 Å². The third-order valence-electron chi connectivity index (χ3n) is 3.10. The van der Waals surface area contributed by atoms with Gasteiger partial charge in [0, 0.05) is 11.8 Å². The summed E-state index contributed by atoms with van der Waals surface area (Å²) in [4.78, 5) is 0. The summed E-state index contributed by atoms with van der Waals surface area (Å²) in [5.41, 5.74) is 0. The molecule has 0 spiro atoms. The standard InChI is InChI=1S/C13H27NS/c1-3-4-5-6-7-8-9-10-13-14-11-12(2)15-13/h12-14H,3-11H2,1-2H3. The van der Waals surface area contributed by atoms with Gasteiger partial charge < -0.3 is 5.32 Å². The maximum Gasteiger partial charge on any atom is 0.0535 e. The first-order valence-corrected chi connectivity index (χ1v) is 7.66. The van der Waals surface area contributed by atoms with E-state index in [1.165, 1.54) is 57.9 Å². The molecule has 2 atom stereocenters. The van der Waals surface area contributed by atoms with E-state index < -0.39 is 0 Å². The highest BCUT2D eigenvalue weighted by Gasteiger charge is 2.19. The number of thioether (sulfide) groups is 1. The summed E-state index contributed by atoms with van der Waals surface area (Å²) < 4.78 is 0. The van der Waals surface area contributed by atoms with Gasteiger partial charge in [-0.3, -0.25) is 0 Å². The van der Waals surface area contributed by atoms with E-state index in [0.29, 0.717) is 0 Å². The summed E-state index contributed by atoms with van der Waals surface area (Å²) in [6.07, 6.45) is 11.4. The molecule has 1 aliphatic rings. The highest BCUT2D eigenvalue weighted by atomic mass is 32.2. The molecule has 1 nitrogen and oxygen atoms in total. The monoisotopic (exact) mass is 229 g/mol. The van der Waals surface area contributed by atoms with E-state index in [9.17, 15) is 0 Å². The van der Waals surface area contributed by atoms with Crippen molar-refractivity contribution in [2.75, 3.05) is 6.54 Å². The van der Waals surface area contributed by atoms with Gasteiger partial charge in [0.1, 0.15) is 0 Å². The van der Waals surface area contributed by atoms with Crippen molar-refractivity contribution in [3.8, 4) is 0 Å². The number of rotatable bonds is 8. The summed E-state index contributed by atoms with van der Waals surface area (Å²) in [6, 6.07) is 0. The second-order valence-electron chi connectivity index (χ2n) is 4.75. The summed E-state index contributed by atoms with van der Waals surface area (Å²) >= 11 is 2.13. The van der Waals surface area contributed by atoms with E-state index in [1.807, 2.05) is 0 Å². The van der Waals surface area contributed by atoms with E-state index >= 15 is 0 Å².